The van der Waals surface area contributed by atoms with Crippen LogP contribution in [-0.2, 0) is 19.6 Å². The quantitative estimate of drug-likeness (QED) is 0.643. The van der Waals surface area contributed by atoms with E-state index < -0.39 is 27.7 Å². The van der Waals surface area contributed by atoms with Gasteiger partial charge in [0.2, 0.25) is 10.0 Å². The Morgan fingerprint density at radius 3 is 2.60 bits per heavy atom. The first-order valence-electron chi connectivity index (χ1n) is 5.79. The molecular weight excluding hydrogens is 287 g/mol. The summed E-state index contributed by atoms with van der Waals surface area (Å²) < 4.78 is 43.3. The van der Waals surface area contributed by atoms with Gasteiger partial charge in [-0.15, -0.1) is 0 Å². The van der Waals surface area contributed by atoms with Crippen LogP contribution in [0.25, 0.3) is 0 Å². The van der Waals surface area contributed by atoms with Crippen LogP contribution in [0.3, 0.4) is 0 Å². The van der Waals surface area contributed by atoms with Gasteiger partial charge in [-0.3, -0.25) is 4.79 Å². The number of methoxy groups -OCH3 is 1. The average Bonchev–Trinajstić information content (AvgIpc) is 2.40. The van der Waals surface area contributed by atoms with Gasteiger partial charge in [-0.2, -0.15) is 0 Å². The van der Waals surface area contributed by atoms with Crippen molar-refractivity contribution in [1.29, 1.82) is 0 Å². The molecule has 0 spiro atoms. The number of esters is 1. The number of nitrogens with zero attached hydrogens (tertiary/aromatic N) is 1. The lowest BCUT2D eigenvalue weighted by molar-refractivity contribution is -0.144. The number of anilines is 1. The van der Waals surface area contributed by atoms with Crippen LogP contribution in [0.15, 0.2) is 23.1 Å². The first-order chi connectivity index (χ1) is 9.20. The summed E-state index contributed by atoms with van der Waals surface area (Å²) in [6.07, 6.45) is 0. The third-order valence-electron chi connectivity index (χ3n) is 2.81. The molecule has 1 unspecified atom stereocenters. The maximum atomic E-state index is 13.3. The molecule has 8 heteroatoms. The van der Waals surface area contributed by atoms with E-state index >= 15 is 0 Å². The van der Waals surface area contributed by atoms with Crippen molar-refractivity contribution in [2.75, 3.05) is 26.4 Å². The first kappa shape index (κ1) is 16.4. The molecule has 20 heavy (non-hydrogen) atoms. The number of rotatable bonds is 5. The van der Waals surface area contributed by atoms with Gasteiger partial charge in [-0.25, -0.2) is 17.1 Å². The van der Waals surface area contributed by atoms with Crippen LogP contribution in [0, 0.1) is 11.7 Å². The monoisotopic (exact) mass is 304 g/mol. The Labute approximate surface area is 117 Å². The summed E-state index contributed by atoms with van der Waals surface area (Å²) in [5.41, 5.74) is 5.17. The molecule has 0 fully saturated rings. The number of nitrogens with two attached hydrogens (primary N) is 1. The molecule has 1 atom stereocenters. The van der Waals surface area contributed by atoms with Crippen molar-refractivity contribution in [1.82, 2.24) is 4.31 Å². The summed E-state index contributed by atoms with van der Waals surface area (Å²) in [5, 5.41) is 0. The van der Waals surface area contributed by atoms with E-state index in [1.807, 2.05) is 0 Å². The number of nitrogen functional groups attached to an aromatic ring is 1. The van der Waals surface area contributed by atoms with Crippen LogP contribution in [0.4, 0.5) is 10.1 Å². The van der Waals surface area contributed by atoms with Gasteiger partial charge in [-0.1, -0.05) is 6.92 Å². The molecule has 1 aromatic carbocycles. The van der Waals surface area contributed by atoms with E-state index in [0.717, 1.165) is 10.4 Å². The van der Waals surface area contributed by atoms with Gasteiger partial charge < -0.3 is 10.5 Å². The van der Waals surface area contributed by atoms with Gasteiger partial charge in [-0.05, 0) is 18.2 Å². The number of carbonyl (C=O) groups excluding carboxylic acids is 1. The van der Waals surface area contributed by atoms with Gasteiger partial charge >= 0.3 is 5.97 Å². The Bertz CT molecular complexity index is 603. The second-order valence-electron chi connectivity index (χ2n) is 4.39. The standard InChI is InChI=1S/C12H17FN2O4S/c1-8(12(16)19-3)7-15(2)20(17,18)9-4-5-11(14)10(13)6-9/h4-6,8H,7,14H2,1-3H3. The van der Waals surface area contributed by atoms with Gasteiger partial charge in [0.25, 0.3) is 0 Å². The Balaban J connectivity index is 2.98. The molecule has 1 aromatic rings. The zero-order chi connectivity index (χ0) is 15.5. The summed E-state index contributed by atoms with van der Waals surface area (Å²) in [4.78, 5) is 11.1. The molecule has 0 aliphatic rings. The predicted molar refractivity (Wildman–Crippen MR) is 71.8 cm³/mol. The third-order valence-corrected chi connectivity index (χ3v) is 4.63. The molecule has 6 nitrogen and oxygen atoms in total. The fourth-order valence-electron chi connectivity index (χ4n) is 1.61. The number of benzene rings is 1. The molecule has 0 aliphatic carbocycles. The van der Waals surface area contributed by atoms with E-state index in [1.165, 1.54) is 26.3 Å². The fraction of sp³-hybridized carbons (Fsp3) is 0.417. The molecule has 0 amide bonds. The van der Waals surface area contributed by atoms with Crippen LogP contribution >= 0.6 is 0 Å². The molecule has 0 aromatic heterocycles. The summed E-state index contributed by atoms with van der Waals surface area (Å²) in [5.74, 6) is -1.95. The topological polar surface area (TPSA) is 89.7 Å². The van der Waals surface area contributed by atoms with E-state index in [4.69, 9.17) is 5.73 Å². The number of hydrogen-bond donors (Lipinski definition) is 1. The Morgan fingerprint density at radius 1 is 1.50 bits per heavy atom. The van der Waals surface area contributed by atoms with Gasteiger partial charge in [0, 0.05) is 13.6 Å². The van der Waals surface area contributed by atoms with Gasteiger partial charge in [0.1, 0.15) is 5.82 Å². The van der Waals surface area contributed by atoms with Crippen LogP contribution in [-0.4, -0.2) is 39.4 Å². The molecular formula is C12H17FN2O4S. The molecule has 0 aliphatic heterocycles. The highest BCUT2D eigenvalue weighted by Gasteiger charge is 2.26. The maximum absolute atomic E-state index is 13.3. The molecule has 2 N–H and O–H groups in total. The minimum absolute atomic E-state index is 0.0685. The van der Waals surface area contributed by atoms with Crippen molar-refractivity contribution in [3.8, 4) is 0 Å². The van der Waals surface area contributed by atoms with Crippen molar-refractivity contribution in [2.24, 2.45) is 5.92 Å². The third kappa shape index (κ3) is 3.45. The Hall–Kier alpha value is -1.67. The highest BCUT2D eigenvalue weighted by molar-refractivity contribution is 7.89. The highest BCUT2D eigenvalue weighted by atomic mass is 32.2. The fourth-order valence-corrected chi connectivity index (χ4v) is 2.88. The highest BCUT2D eigenvalue weighted by Crippen LogP contribution is 2.20. The summed E-state index contributed by atoms with van der Waals surface area (Å²) in [6, 6.07) is 3.25. The van der Waals surface area contributed by atoms with Crippen LogP contribution in [0.1, 0.15) is 6.92 Å². The minimum atomic E-state index is -3.89. The van der Waals surface area contributed by atoms with E-state index in [1.54, 1.807) is 6.92 Å². The van der Waals surface area contributed by atoms with Crippen molar-refractivity contribution < 1.29 is 22.3 Å². The van der Waals surface area contributed by atoms with Crippen molar-refractivity contribution >= 4 is 21.7 Å². The zero-order valence-corrected chi connectivity index (χ0v) is 12.3. The number of sulfonamides is 1. The maximum Gasteiger partial charge on any atom is 0.309 e. The number of carbonyl (C=O) groups is 1. The normalized spacial score (nSPS) is 13.2. The van der Waals surface area contributed by atoms with E-state index in [-0.39, 0.29) is 17.1 Å². The Morgan fingerprint density at radius 2 is 2.10 bits per heavy atom. The smallest absolute Gasteiger partial charge is 0.309 e. The van der Waals surface area contributed by atoms with Gasteiger partial charge in [0.15, 0.2) is 0 Å². The van der Waals surface area contributed by atoms with Crippen LogP contribution < -0.4 is 5.73 Å². The van der Waals surface area contributed by atoms with E-state index in [0.29, 0.717) is 0 Å². The number of hydrogen-bond acceptors (Lipinski definition) is 5. The molecule has 0 radical (unpaired) electrons. The van der Waals surface area contributed by atoms with Crippen LogP contribution in [0.2, 0.25) is 0 Å². The molecule has 0 saturated heterocycles. The second kappa shape index (κ2) is 6.19. The molecule has 0 saturated carbocycles. The first-order valence-corrected chi connectivity index (χ1v) is 7.23. The molecule has 0 heterocycles. The number of ether oxygens (including phenoxy) is 1. The summed E-state index contributed by atoms with van der Waals surface area (Å²) >= 11 is 0. The lowest BCUT2D eigenvalue weighted by Gasteiger charge is -2.20. The average molecular weight is 304 g/mol. The molecule has 0 bridgehead atoms. The van der Waals surface area contributed by atoms with E-state index in [2.05, 4.69) is 4.74 Å². The largest absolute Gasteiger partial charge is 0.469 e. The summed E-state index contributed by atoms with van der Waals surface area (Å²) in [7, 11) is -1.35. The Kier molecular flexibility index (Phi) is 5.07. The van der Waals surface area contributed by atoms with Crippen molar-refractivity contribution in [3.05, 3.63) is 24.0 Å². The lowest BCUT2D eigenvalue weighted by atomic mass is 10.2. The van der Waals surface area contributed by atoms with Crippen molar-refractivity contribution in [2.45, 2.75) is 11.8 Å². The second-order valence-corrected chi connectivity index (χ2v) is 6.44. The van der Waals surface area contributed by atoms with E-state index in [9.17, 15) is 17.6 Å². The SMILES string of the molecule is COC(=O)C(C)CN(C)S(=O)(=O)c1ccc(N)c(F)c1. The molecule has 112 valence electrons. The summed E-state index contributed by atoms with van der Waals surface area (Å²) in [6.45, 7) is 1.47. The van der Waals surface area contributed by atoms with Crippen LogP contribution in [0.5, 0.6) is 0 Å². The predicted octanol–water partition coefficient (Wildman–Crippen LogP) is 0.837. The molecule has 1 rings (SSSR count). The van der Waals surface area contributed by atoms with Crippen molar-refractivity contribution in [3.63, 3.8) is 0 Å². The zero-order valence-electron chi connectivity index (χ0n) is 11.5. The van der Waals surface area contributed by atoms with Gasteiger partial charge in [0.05, 0.1) is 23.6 Å². The minimum Gasteiger partial charge on any atom is -0.469 e. The number of halogens is 1. The lowest BCUT2D eigenvalue weighted by Crippen LogP contribution is -2.34.